The van der Waals surface area contributed by atoms with Crippen LogP contribution in [-0.4, -0.2) is 50.3 Å². The standard InChI is InChI=1S/C31H32N2O3/c1-22-18-23(2)20-26(19-22)24-6-5-7-25(21-24)31(34)32-29-10-11-30(28-9-4-3-8-27(28)29)36-17-14-33-12-15-35-16-13-33/h3-11,18-21H,12-17H2,1-2H3,(H,32,34). The number of fused-ring (bicyclic) bond motifs is 1. The number of hydrogen-bond donors (Lipinski definition) is 1. The summed E-state index contributed by atoms with van der Waals surface area (Å²) in [5.41, 5.74) is 5.96. The van der Waals surface area contributed by atoms with E-state index in [-0.39, 0.29) is 5.91 Å². The van der Waals surface area contributed by atoms with Gasteiger partial charge in [-0.25, -0.2) is 0 Å². The number of carbonyl (C=O) groups excluding carboxylic acids is 1. The second-order valence-electron chi connectivity index (χ2n) is 9.37. The van der Waals surface area contributed by atoms with E-state index >= 15 is 0 Å². The summed E-state index contributed by atoms with van der Waals surface area (Å²) in [5.74, 6) is 0.695. The van der Waals surface area contributed by atoms with Crippen molar-refractivity contribution < 1.29 is 14.3 Å². The predicted molar refractivity (Wildman–Crippen MR) is 146 cm³/mol. The van der Waals surface area contributed by atoms with Gasteiger partial charge in [0.25, 0.3) is 5.91 Å². The summed E-state index contributed by atoms with van der Waals surface area (Å²) in [4.78, 5) is 15.6. The first-order valence-electron chi connectivity index (χ1n) is 12.5. The molecule has 184 valence electrons. The normalized spacial score (nSPS) is 14.1. The molecule has 1 fully saturated rings. The average molecular weight is 481 g/mol. The third kappa shape index (κ3) is 5.59. The molecule has 0 aromatic heterocycles. The van der Waals surface area contributed by atoms with Crippen LogP contribution >= 0.6 is 0 Å². The van der Waals surface area contributed by atoms with E-state index in [2.05, 4.69) is 42.3 Å². The van der Waals surface area contributed by atoms with Crippen LogP contribution in [0.1, 0.15) is 21.5 Å². The van der Waals surface area contributed by atoms with E-state index in [1.54, 1.807) is 0 Å². The lowest BCUT2D eigenvalue weighted by molar-refractivity contribution is 0.0323. The van der Waals surface area contributed by atoms with Crippen LogP contribution in [0.15, 0.2) is 78.9 Å². The molecule has 0 aliphatic carbocycles. The van der Waals surface area contributed by atoms with Crippen molar-refractivity contribution in [2.45, 2.75) is 13.8 Å². The molecule has 36 heavy (non-hydrogen) atoms. The fraction of sp³-hybridized carbons (Fsp3) is 0.258. The van der Waals surface area contributed by atoms with Gasteiger partial charge in [-0.15, -0.1) is 0 Å². The number of ether oxygens (including phenoxy) is 2. The van der Waals surface area contributed by atoms with Crippen molar-refractivity contribution in [2.75, 3.05) is 44.8 Å². The Hall–Kier alpha value is -3.67. The monoisotopic (exact) mass is 480 g/mol. The lowest BCUT2D eigenvalue weighted by Crippen LogP contribution is -2.38. The molecule has 4 aromatic rings. The molecule has 0 spiro atoms. The van der Waals surface area contributed by atoms with Gasteiger partial charge in [0, 0.05) is 41.7 Å². The number of aryl methyl sites for hydroxylation is 2. The fourth-order valence-electron chi connectivity index (χ4n) is 4.79. The van der Waals surface area contributed by atoms with E-state index in [1.807, 2.05) is 60.7 Å². The number of hydrogen-bond acceptors (Lipinski definition) is 4. The van der Waals surface area contributed by atoms with Gasteiger partial charge in [0.1, 0.15) is 12.4 Å². The molecule has 1 amide bonds. The number of nitrogens with zero attached hydrogens (tertiary/aromatic N) is 1. The lowest BCUT2D eigenvalue weighted by atomic mass is 9.99. The minimum absolute atomic E-state index is 0.132. The van der Waals surface area contributed by atoms with Gasteiger partial charge in [-0.3, -0.25) is 9.69 Å². The SMILES string of the molecule is Cc1cc(C)cc(-c2cccc(C(=O)Nc3ccc(OCCN4CCOCC4)c4ccccc34)c2)c1. The van der Waals surface area contributed by atoms with Gasteiger partial charge < -0.3 is 14.8 Å². The molecule has 5 nitrogen and oxygen atoms in total. The van der Waals surface area contributed by atoms with Gasteiger partial charge in [-0.2, -0.15) is 0 Å². The molecule has 0 bridgehead atoms. The van der Waals surface area contributed by atoms with Crippen molar-refractivity contribution in [3.05, 3.63) is 95.6 Å². The van der Waals surface area contributed by atoms with Gasteiger partial charge >= 0.3 is 0 Å². The minimum atomic E-state index is -0.132. The third-order valence-electron chi connectivity index (χ3n) is 6.58. The molecule has 1 heterocycles. The maximum Gasteiger partial charge on any atom is 0.255 e. The second-order valence-corrected chi connectivity index (χ2v) is 9.37. The third-order valence-corrected chi connectivity index (χ3v) is 6.58. The first-order chi connectivity index (χ1) is 17.6. The Morgan fingerprint density at radius 3 is 2.39 bits per heavy atom. The topological polar surface area (TPSA) is 50.8 Å². The number of carbonyl (C=O) groups is 1. The maximum absolute atomic E-state index is 13.2. The molecule has 0 radical (unpaired) electrons. The number of anilines is 1. The van der Waals surface area contributed by atoms with E-state index in [9.17, 15) is 4.79 Å². The van der Waals surface area contributed by atoms with Gasteiger partial charge in [-0.05, 0) is 49.2 Å². The largest absolute Gasteiger partial charge is 0.492 e. The fourth-order valence-corrected chi connectivity index (χ4v) is 4.79. The van der Waals surface area contributed by atoms with E-state index in [4.69, 9.17) is 9.47 Å². The van der Waals surface area contributed by atoms with Gasteiger partial charge in [0.05, 0.1) is 13.2 Å². The number of nitrogens with one attached hydrogen (secondary N) is 1. The molecule has 5 heteroatoms. The van der Waals surface area contributed by atoms with Crippen LogP contribution in [0, 0.1) is 13.8 Å². The predicted octanol–water partition coefficient (Wildman–Crippen LogP) is 6.09. The Labute approximate surface area is 212 Å². The zero-order valence-electron chi connectivity index (χ0n) is 20.9. The molecule has 1 N–H and O–H groups in total. The molecule has 1 aliphatic heterocycles. The first-order valence-corrected chi connectivity index (χ1v) is 12.5. The van der Waals surface area contributed by atoms with Gasteiger partial charge in [0.2, 0.25) is 0 Å². The van der Waals surface area contributed by atoms with E-state index in [0.717, 1.165) is 66.2 Å². The molecular formula is C31H32N2O3. The Balaban J connectivity index is 1.33. The van der Waals surface area contributed by atoms with Crippen molar-refractivity contribution in [1.82, 2.24) is 4.90 Å². The Morgan fingerprint density at radius 2 is 1.61 bits per heavy atom. The van der Waals surface area contributed by atoms with Crippen molar-refractivity contribution in [3.8, 4) is 16.9 Å². The van der Waals surface area contributed by atoms with Crippen molar-refractivity contribution in [1.29, 1.82) is 0 Å². The number of benzene rings is 4. The summed E-state index contributed by atoms with van der Waals surface area (Å²) >= 11 is 0. The summed E-state index contributed by atoms with van der Waals surface area (Å²) in [6, 6.07) is 26.2. The van der Waals surface area contributed by atoms with Crippen LogP contribution < -0.4 is 10.1 Å². The zero-order valence-corrected chi connectivity index (χ0v) is 20.9. The molecule has 5 rings (SSSR count). The van der Waals surface area contributed by atoms with Crippen molar-refractivity contribution in [3.63, 3.8) is 0 Å². The average Bonchev–Trinajstić information content (AvgIpc) is 2.90. The smallest absolute Gasteiger partial charge is 0.255 e. The van der Waals surface area contributed by atoms with Crippen molar-refractivity contribution in [2.24, 2.45) is 0 Å². The van der Waals surface area contributed by atoms with Crippen LogP contribution in [0.25, 0.3) is 21.9 Å². The van der Waals surface area contributed by atoms with Gasteiger partial charge in [0.15, 0.2) is 0 Å². The van der Waals surface area contributed by atoms with E-state index < -0.39 is 0 Å². The maximum atomic E-state index is 13.2. The Morgan fingerprint density at radius 1 is 0.861 bits per heavy atom. The highest BCUT2D eigenvalue weighted by Crippen LogP contribution is 2.32. The Kier molecular flexibility index (Phi) is 7.31. The first kappa shape index (κ1) is 24.0. The molecule has 1 aliphatic rings. The van der Waals surface area contributed by atoms with Crippen LogP contribution in [0.4, 0.5) is 5.69 Å². The van der Waals surface area contributed by atoms with Crippen LogP contribution in [0.2, 0.25) is 0 Å². The van der Waals surface area contributed by atoms with E-state index in [1.165, 1.54) is 11.1 Å². The lowest BCUT2D eigenvalue weighted by Gasteiger charge is -2.26. The highest BCUT2D eigenvalue weighted by Gasteiger charge is 2.14. The number of amides is 1. The molecule has 0 unspecified atom stereocenters. The number of rotatable bonds is 7. The summed E-state index contributed by atoms with van der Waals surface area (Å²) in [7, 11) is 0. The van der Waals surface area contributed by atoms with Crippen LogP contribution in [0.5, 0.6) is 5.75 Å². The highest BCUT2D eigenvalue weighted by atomic mass is 16.5. The highest BCUT2D eigenvalue weighted by molar-refractivity contribution is 6.10. The summed E-state index contributed by atoms with van der Waals surface area (Å²) in [6.45, 7) is 9.12. The zero-order chi connectivity index (χ0) is 24.9. The summed E-state index contributed by atoms with van der Waals surface area (Å²) in [6.07, 6.45) is 0. The van der Waals surface area contributed by atoms with Crippen LogP contribution in [0.3, 0.4) is 0 Å². The second kappa shape index (κ2) is 10.9. The van der Waals surface area contributed by atoms with Gasteiger partial charge in [-0.1, -0.05) is 65.7 Å². The summed E-state index contributed by atoms with van der Waals surface area (Å²) in [5, 5.41) is 5.07. The van der Waals surface area contributed by atoms with Crippen molar-refractivity contribution >= 4 is 22.4 Å². The summed E-state index contributed by atoms with van der Waals surface area (Å²) < 4.78 is 11.6. The molecular weight excluding hydrogens is 448 g/mol. The molecule has 0 saturated carbocycles. The number of morpholine rings is 1. The Bertz CT molecular complexity index is 1360. The molecule has 1 saturated heterocycles. The van der Waals surface area contributed by atoms with E-state index in [0.29, 0.717) is 12.2 Å². The minimum Gasteiger partial charge on any atom is -0.492 e. The quantitative estimate of drug-likeness (QED) is 0.348. The molecule has 0 atom stereocenters. The van der Waals surface area contributed by atoms with Crippen LogP contribution in [-0.2, 0) is 4.74 Å². The molecule has 4 aromatic carbocycles.